The molecule has 140 valence electrons. The molecule has 0 spiro atoms. The van der Waals surface area contributed by atoms with E-state index in [1.165, 1.54) is 6.07 Å². The number of nitrogens with two attached hydrogens (primary N) is 2. The maximum atomic E-state index is 13.4. The van der Waals surface area contributed by atoms with Crippen molar-refractivity contribution >= 4 is 11.7 Å². The van der Waals surface area contributed by atoms with E-state index in [9.17, 15) is 31.1 Å². The maximum absolute atomic E-state index is 13.4. The fraction of sp³-hybridized carbons (Fsp3) is 0.133. The van der Waals surface area contributed by atoms with E-state index < -0.39 is 46.3 Å². The summed E-state index contributed by atoms with van der Waals surface area (Å²) in [5.74, 6) is 10.2. The zero-order valence-corrected chi connectivity index (χ0v) is 12.8. The molecule has 0 unspecified atom stereocenters. The van der Waals surface area contributed by atoms with Crippen molar-refractivity contribution < 1.29 is 31.1 Å². The Bertz CT molecular complexity index is 819. The second-order valence-corrected chi connectivity index (χ2v) is 5.09. The second-order valence-electron chi connectivity index (χ2n) is 5.09. The van der Waals surface area contributed by atoms with Crippen LogP contribution in [0.5, 0.6) is 0 Å². The number of hydrazine groups is 2. The van der Waals surface area contributed by atoms with Gasteiger partial charge in [-0.25, -0.2) is 21.5 Å². The number of urea groups is 1. The van der Waals surface area contributed by atoms with Gasteiger partial charge in [-0.15, -0.1) is 0 Å². The number of hydrogen-bond donors (Lipinski definition) is 3. The van der Waals surface area contributed by atoms with Crippen LogP contribution in [0.1, 0.15) is 11.1 Å². The van der Waals surface area contributed by atoms with Gasteiger partial charge in [-0.3, -0.25) is 5.43 Å². The van der Waals surface area contributed by atoms with Crippen molar-refractivity contribution in [2.45, 2.75) is 12.4 Å². The van der Waals surface area contributed by atoms with Gasteiger partial charge in [0.25, 0.3) is 0 Å². The lowest BCUT2D eigenvalue weighted by atomic mass is 9.94. The Hall–Kier alpha value is -2.79. The maximum Gasteiger partial charge on any atom is 0.417 e. The average molecular weight is 378 g/mol. The van der Waals surface area contributed by atoms with Crippen LogP contribution < -0.4 is 22.1 Å². The van der Waals surface area contributed by atoms with Crippen molar-refractivity contribution in [2.75, 3.05) is 5.01 Å². The monoisotopic (exact) mass is 378 g/mol. The third kappa shape index (κ3) is 3.89. The van der Waals surface area contributed by atoms with Crippen LogP contribution >= 0.6 is 0 Å². The lowest BCUT2D eigenvalue weighted by molar-refractivity contribution is -0.139. The van der Waals surface area contributed by atoms with Gasteiger partial charge in [-0.2, -0.15) is 26.3 Å². The largest absolute Gasteiger partial charge is 0.417 e. The van der Waals surface area contributed by atoms with Crippen LogP contribution in [0.4, 0.5) is 36.8 Å². The molecule has 0 atom stereocenters. The number of hydrogen-bond acceptors (Lipinski definition) is 3. The van der Waals surface area contributed by atoms with Gasteiger partial charge in [-0.1, -0.05) is 24.3 Å². The Labute approximate surface area is 143 Å². The van der Waals surface area contributed by atoms with E-state index in [0.717, 1.165) is 24.3 Å². The van der Waals surface area contributed by atoms with Gasteiger partial charge in [0.2, 0.25) is 0 Å². The molecule has 0 radical (unpaired) electrons. The number of rotatable bonds is 2. The SMILES string of the molecule is NNC(=O)N(N)c1ccc(-c2ccccc2C(F)(F)F)c(C(F)(F)F)c1. The van der Waals surface area contributed by atoms with Crippen molar-refractivity contribution in [2.24, 2.45) is 11.7 Å². The standard InChI is InChI=1S/C15H12F6N4O/c16-14(17,18)11-4-2-1-3-9(11)10-6-5-8(25(23)13(26)24-22)7-12(10)15(19,20)21/h1-7H,22-23H2,(H,24,26). The minimum Gasteiger partial charge on any atom is -0.274 e. The average Bonchev–Trinajstić information content (AvgIpc) is 2.58. The molecule has 5 N–H and O–H groups in total. The first kappa shape index (κ1) is 19.5. The van der Waals surface area contributed by atoms with Gasteiger partial charge in [0.05, 0.1) is 16.8 Å². The highest BCUT2D eigenvalue weighted by Crippen LogP contribution is 2.43. The molecule has 26 heavy (non-hydrogen) atoms. The first-order chi connectivity index (χ1) is 12.0. The molecule has 2 rings (SSSR count). The van der Waals surface area contributed by atoms with Crippen molar-refractivity contribution in [3.8, 4) is 11.1 Å². The molecule has 0 aliphatic rings. The number of halogens is 6. The Morgan fingerprint density at radius 2 is 1.42 bits per heavy atom. The molecule has 0 aromatic heterocycles. The Balaban J connectivity index is 2.70. The summed E-state index contributed by atoms with van der Waals surface area (Å²) in [6.45, 7) is 0. The van der Waals surface area contributed by atoms with Gasteiger partial charge >= 0.3 is 18.4 Å². The molecule has 0 aliphatic carbocycles. The fourth-order valence-electron chi connectivity index (χ4n) is 2.30. The number of anilines is 1. The van der Waals surface area contributed by atoms with Gasteiger partial charge in [0.1, 0.15) is 0 Å². The van der Waals surface area contributed by atoms with Crippen LogP contribution in [0.2, 0.25) is 0 Å². The topological polar surface area (TPSA) is 84.4 Å². The Kier molecular flexibility index (Phi) is 5.14. The molecule has 0 saturated heterocycles. The summed E-state index contributed by atoms with van der Waals surface area (Å²) in [6, 6.07) is 5.02. The predicted octanol–water partition coefficient (Wildman–Crippen LogP) is 3.65. The molecule has 0 aliphatic heterocycles. The van der Waals surface area contributed by atoms with E-state index in [2.05, 4.69) is 0 Å². The van der Waals surface area contributed by atoms with Crippen molar-refractivity contribution in [1.82, 2.24) is 5.43 Å². The smallest absolute Gasteiger partial charge is 0.274 e. The quantitative estimate of drug-likeness (QED) is 0.323. The van der Waals surface area contributed by atoms with Crippen LogP contribution in [0.25, 0.3) is 11.1 Å². The van der Waals surface area contributed by atoms with Gasteiger partial charge in [0.15, 0.2) is 0 Å². The highest BCUT2D eigenvalue weighted by molar-refractivity contribution is 5.91. The number of amides is 2. The lowest BCUT2D eigenvalue weighted by Crippen LogP contribution is -2.47. The van der Waals surface area contributed by atoms with Gasteiger partial charge in [0, 0.05) is 0 Å². The number of carbonyl (C=O) groups excluding carboxylic acids is 1. The predicted molar refractivity (Wildman–Crippen MR) is 81.3 cm³/mol. The molecule has 2 aromatic rings. The molecule has 0 bridgehead atoms. The molecular formula is C15H12F6N4O. The van der Waals surface area contributed by atoms with E-state index in [4.69, 9.17) is 11.7 Å². The van der Waals surface area contributed by atoms with Crippen molar-refractivity contribution in [1.29, 1.82) is 0 Å². The molecule has 0 fully saturated rings. The van der Waals surface area contributed by atoms with Gasteiger partial charge in [-0.05, 0) is 29.3 Å². The Morgan fingerprint density at radius 1 is 0.885 bits per heavy atom. The highest BCUT2D eigenvalue weighted by atomic mass is 19.4. The van der Waals surface area contributed by atoms with E-state index >= 15 is 0 Å². The van der Waals surface area contributed by atoms with Crippen molar-refractivity contribution in [3.63, 3.8) is 0 Å². The number of benzene rings is 2. The van der Waals surface area contributed by atoms with Crippen LogP contribution in [0, 0.1) is 0 Å². The zero-order valence-electron chi connectivity index (χ0n) is 12.8. The summed E-state index contributed by atoms with van der Waals surface area (Å²) in [4.78, 5) is 11.3. The van der Waals surface area contributed by atoms with Crippen LogP contribution in [0.15, 0.2) is 42.5 Å². The lowest BCUT2D eigenvalue weighted by Gasteiger charge is -2.21. The van der Waals surface area contributed by atoms with Crippen LogP contribution in [0.3, 0.4) is 0 Å². The van der Waals surface area contributed by atoms with Crippen molar-refractivity contribution in [3.05, 3.63) is 53.6 Å². The van der Waals surface area contributed by atoms with E-state index in [1.54, 1.807) is 5.43 Å². The summed E-state index contributed by atoms with van der Waals surface area (Å²) in [5, 5.41) is 0.300. The molecule has 2 aromatic carbocycles. The number of nitrogens with zero attached hydrogens (tertiary/aromatic N) is 1. The van der Waals surface area contributed by atoms with E-state index in [0.29, 0.717) is 17.1 Å². The summed E-state index contributed by atoms with van der Waals surface area (Å²) < 4.78 is 79.7. The fourth-order valence-corrected chi connectivity index (χ4v) is 2.30. The van der Waals surface area contributed by atoms with Gasteiger partial charge < -0.3 is 0 Å². The number of carbonyl (C=O) groups is 1. The highest BCUT2D eigenvalue weighted by Gasteiger charge is 2.38. The zero-order chi connectivity index (χ0) is 19.7. The third-order valence-electron chi connectivity index (χ3n) is 3.45. The van der Waals surface area contributed by atoms with E-state index in [-0.39, 0.29) is 0 Å². The summed E-state index contributed by atoms with van der Waals surface area (Å²) in [7, 11) is 0. The van der Waals surface area contributed by atoms with E-state index in [1.807, 2.05) is 0 Å². The first-order valence-corrected chi connectivity index (χ1v) is 6.90. The second kappa shape index (κ2) is 6.84. The summed E-state index contributed by atoms with van der Waals surface area (Å²) >= 11 is 0. The van der Waals surface area contributed by atoms with Crippen LogP contribution in [-0.4, -0.2) is 6.03 Å². The third-order valence-corrected chi connectivity index (χ3v) is 3.45. The molecule has 0 saturated carbocycles. The summed E-state index contributed by atoms with van der Waals surface area (Å²) in [6.07, 6.45) is -9.85. The Morgan fingerprint density at radius 3 is 1.96 bits per heavy atom. The summed E-state index contributed by atoms with van der Waals surface area (Å²) in [5.41, 5.74) is -2.73. The number of nitrogens with one attached hydrogen (secondary N) is 1. The molecular weight excluding hydrogens is 366 g/mol. The molecule has 11 heteroatoms. The minimum atomic E-state index is -5.00. The molecule has 0 heterocycles. The van der Waals surface area contributed by atoms with Crippen LogP contribution in [-0.2, 0) is 12.4 Å². The number of alkyl halides is 6. The first-order valence-electron chi connectivity index (χ1n) is 6.90. The normalized spacial score (nSPS) is 12.0. The molecule has 2 amide bonds. The molecule has 5 nitrogen and oxygen atoms in total. The minimum absolute atomic E-state index is 0.300.